The molecule has 1 atom stereocenters. The Balaban J connectivity index is 2.34. The van der Waals surface area contributed by atoms with E-state index in [2.05, 4.69) is 9.97 Å². The number of halogens is 1. The van der Waals surface area contributed by atoms with E-state index in [1.807, 2.05) is 25.1 Å². The molecule has 0 amide bonds. The van der Waals surface area contributed by atoms with Crippen LogP contribution in [0, 0.1) is 6.92 Å². The zero-order valence-corrected chi connectivity index (χ0v) is 11.0. The van der Waals surface area contributed by atoms with Crippen LogP contribution < -0.4 is 10.5 Å². The van der Waals surface area contributed by atoms with Crippen molar-refractivity contribution in [2.24, 2.45) is 5.73 Å². The highest BCUT2D eigenvalue weighted by atomic mass is 35.5. The lowest BCUT2D eigenvalue weighted by atomic mass is 10.0. The zero-order valence-electron chi connectivity index (χ0n) is 10.2. The van der Waals surface area contributed by atoms with Crippen molar-refractivity contribution >= 4 is 11.6 Å². The van der Waals surface area contributed by atoms with Crippen LogP contribution in [-0.4, -0.2) is 17.1 Å². The molecule has 0 saturated heterocycles. The first-order valence-corrected chi connectivity index (χ1v) is 5.87. The van der Waals surface area contributed by atoms with E-state index in [9.17, 15) is 0 Å². The molecule has 2 aromatic rings. The molecule has 1 unspecified atom stereocenters. The number of hydrogen-bond donors (Lipinski definition) is 1. The van der Waals surface area contributed by atoms with E-state index in [4.69, 9.17) is 22.1 Å². The summed E-state index contributed by atoms with van der Waals surface area (Å²) in [5.41, 5.74) is 8.78. The molecule has 1 heterocycles. The van der Waals surface area contributed by atoms with Crippen LogP contribution in [0.1, 0.15) is 22.9 Å². The number of methoxy groups -OCH3 is 1. The minimum Gasteiger partial charge on any atom is -0.481 e. The molecule has 0 spiro atoms. The third-order valence-corrected chi connectivity index (χ3v) is 3.15. The molecule has 0 aliphatic heterocycles. The molecule has 0 bridgehead atoms. The quantitative estimate of drug-likeness (QED) is 0.924. The fourth-order valence-corrected chi connectivity index (χ4v) is 1.80. The molecule has 4 nitrogen and oxygen atoms in total. The van der Waals surface area contributed by atoms with Crippen LogP contribution in [0.3, 0.4) is 0 Å². The van der Waals surface area contributed by atoms with Crippen LogP contribution in [-0.2, 0) is 0 Å². The molecule has 0 saturated carbocycles. The van der Waals surface area contributed by atoms with E-state index in [-0.39, 0.29) is 6.04 Å². The van der Waals surface area contributed by atoms with Crippen molar-refractivity contribution in [3.05, 3.63) is 52.4 Å². The van der Waals surface area contributed by atoms with Crippen LogP contribution in [0.5, 0.6) is 5.88 Å². The number of nitrogens with two attached hydrogens (primary N) is 1. The van der Waals surface area contributed by atoms with Crippen molar-refractivity contribution < 1.29 is 4.74 Å². The Morgan fingerprint density at radius 3 is 2.72 bits per heavy atom. The SMILES string of the molecule is COc1cc(C(N)c2ccc(C)c(Cl)c2)ncn1. The Morgan fingerprint density at radius 2 is 2.06 bits per heavy atom. The maximum Gasteiger partial charge on any atom is 0.216 e. The van der Waals surface area contributed by atoms with Gasteiger partial charge in [-0.25, -0.2) is 9.97 Å². The van der Waals surface area contributed by atoms with Gasteiger partial charge < -0.3 is 10.5 Å². The highest BCUT2D eigenvalue weighted by molar-refractivity contribution is 6.31. The maximum atomic E-state index is 6.15. The molecular formula is C13H14ClN3O. The van der Waals surface area contributed by atoms with Gasteiger partial charge >= 0.3 is 0 Å². The van der Waals surface area contributed by atoms with Crippen molar-refractivity contribution in [2.75, 3.05) is 7.11 Å². The molecule has 1 aromatic heterocycles. The number of aryl methyl sites for hydroxylation is 1. The average Bonchev–Trinajstić information content (AvgIpc) is 2.41. The molecule has 0 radical (unpaired) electrons. The zero-order chi connectivity index (χ0) is 13.1. The number of hydrogen-bond acceptors (Lipinski definition) is 4. The molecule has 94 valence electrons. The molecule has 0 fully saturated rings. The lowest BCUT2D eigenvalue weighted by molar-refractivity contribution is 0.395. The van der Waals surface area contributed by atoms with E-state index in [1.54, 1.807) is 13.2 Å². The number of benzene rings is 1. The Bertz CT molecular complexity index is 560. The minimum atomic E-state index is -0.347. The van der Waals surface area contributed by atoms with Gasteiger partial charge in [-0.05, 0) is 24.1 Å². The van der Waals surface area contributed by atoms with Crippen molar-refractivity contribution in [1.82, 2.24) is 9.97 Å². The van der Waals surface area contributed by atoms with Crippen LogP contribution >= 0.6 is 11.6 Å². The topological polar surface area (TPSA) is 61.0 Å². The predicted octanol–water partition coefficient (Wildman–Crippen LogP) is 2.50. The standard InChI is InChI=1S/C13H14ClN3O/c1-8-3-4-9(5-10(8)14)13(15)11-6-12(18-2)17-7-16-11/h3-7,13H,15H2,1-2H3. The van der Waals surface area contributed by atoms with E-state index in [1.165, 1.54) is 6.33 Å². The summed E-state index contributed by atoms with van der Waals surface area (Å²) in [6, 6.07) is 7.12. The second-order valence-corrected chi connectivity index (χ2v) is 4.38. The van der Waals surface area contributed by atoms with Gasteiger partial charge in [-0.15, -0.1) is 0 Å². The normalized spacial score (nSPS) is 12.2. The first kappa shape index (κ1) is 12.8. The second-order valence-electron chi connectivity index (χ2n) is 3.97. The van der Waals surface area contributed by atoms with E-state index in [0.717, 1.165) is 11.1 Å². The summed E-state index contributed by atoms with van der Waals surface area (Å²) in [4.78, 5) is 8.11. The van der Waals surface area contributed by atoms with Gasteiger partial charge in [-0.2, -0.15) is 0 Å². The van der Waals surface area contributed by atoms with Crippen molar-refractivity contribution in [2.45, 2.75) is 13.0 Å². The highest BCUT2D eigenvalue weighted by Gasteiger charge is 2.12. The molecule has 18 heavy (non-hydrogen) atoms. The fourth-order valence-electron chi connectivity index (χ4n) is 1.61. The Labute approximate surface area is 111 Å². The van der Waals surface area contributed by atoms with E-state index >= 15 is 0 Å². The Hall–Kier alpha value is -1.65. The summed E-state index contributed by atoms with van der Waals surface area (Å²) in [5.74, 6) is 0.494. The molecule has 0 aliphatic carbocycles. The monoisotopic (exact) mass is 263 g/mol. The molecular weight excluding hydrogens is 250 g/mol. The van der Waals surface area contributed by atoms with Crippen LogP contribution in [0.4, 0.5) is 0 Å². The van der Waals surface area contributed by atoms with Gasteiger partial charge in [0.1, 0.15) is 6.33 Å². The van der Waals surface area contributed by atoms with Gasteiger partial charge in [-0.1, -0.05) is 23.7 Å². The third kappa shape index (κ3) is 2.60. The molecule has 2 rings (SSSR count). The Morgan fingerprint density at radius 1 is 1.28 bits per heavy atom. The highest BCUT2D eigenvalue weighted by Crippen LogP contribution is 2.24. The van der Waals surface area contributed by atoms with Crippen LogP contribution in [0.15, 0.2) is 30.6 Å². The second kappa shape index (κ2) is 5.33. The van der Waals surface area contributed by atoms with Crippen LogP contribution in [0.2, 0.25) is 5.02 Å². The lowest BCUT2D eigenvalue weighted by Crippen LogP contribution is -2.14. The summed E-state index contributed by atoms with van der Waals surface area (Å²) in [7, 11) is 1.56. The van der Waals surface area contributed by atoms with Gasteiger partial charge in [0.25, 0.3) is 0 Å². The molecule has 2 N–H and O–H groups in total. The van der Waals surface area contributed by atoms with Crippen molar-refractivity contribution in [3.8, 4) is 5.88 Å². The summed E-state index contributed by atoms with van der Waals surface area (Å²) in [6.45, 7) is 1.95. The van der Waals surface area contributed by atoms with Gasteiger partial charge in [0.15, 0.2) is 0 Å². The molecule has 5 heteroatoms. The lowest BCUT2D eigenvalue weighted by Gasteiger charge is -2.13. The van der Waals surface area contributed by atoms with Gasteiger partial charge in [-0.3, -0.25) is 0 Å². The summed E-state index contributed by atoms with van der Waals surface area (Å²) >= 11 is 6.09. The Kier molecular flexibility index (Phi) is 3.79. The average molecular weight is 264 g/mol. The fraction of sp³-hybridized carbons (Fsp3) is 0.231. The predicted molar refractivity (Wildman–Crippen MR) is 70.8 cm³/mol. The first-order valence-electron chi connectivity index (χ1n) is 5.49. The van der Waals surface area contributed by atoms with E-state index in [0.29, 0.717) is 16.6 Å². The summed E-state index contributed by atoms with van der Waals surface area (Å²) in [6.07, 6.45) is 1.43. The summed E-state index contributed by atoms with van der Waals surface area (Å²) in [5, 5.41) is 0.698. The summed E-state index contributed by atoms with van der Waals surface area (Å²) < 4.78 is 5.05. The molecule has 1 aromatic carbocycles. The largest absolute Gasteiger partial charge is 0.481 e. The smallest absolute Gasteiger partial charge is 0.216 e. The van der Waals surface area contributed by atoms with Crippen LogP contribution in [0.25, 0.3) is 0 Å². The number of aromatic nitrogens is 2. The number of rotatable bonds is 3. The minimum absolute atomic E-state index is 0.347. The van der Waals surface area contributed by atoms with E-state index < -0.39 is 0 Å². The van der Waals surface area contributed by atoms with Gasteiger partial charge in [0.05, 0.1) is 18.8 Å². The van der Waals surface area contributed by atoms with Gasteiger partial charge in [0, 0.05) is 11.1 Å². The van der Waals surface area contributed by atoms with Crippen molar-refractivity contribution in [1.29, 1.82) is 0 Å². The first-order chi connectivity index (χ1) is 8.61. The number of nitrogens with zero attached hydrogens (tertiary/aromatic N) is 2. The maximum absolute atomic E-state index is 6.15. The van der Waals surface area contributed by atoms with Gasteiger partial charge in [0.2, 0.25) is 5.88 Å². The molecule has 0 aliphatic rings. The number of ether oxygens (including phenoxy) is 1. The van der Waals surface area contributed by atoms with Crippen molar-refractivity contribution in [3.63, 3.8) is 0 Å². The third-order valence-electron chi connectivity index (χ3n) is 2.75.